The van der Waals surface area contributed by atoms with Crippen molar-refractivity contribution in [1.82, 2.24) is 9.88 Å². The Bertz CT molecular complexity index is 500. The number of thiazole rings is 1. The predicted octanol–water partition coefficient (Wildman–Crippen LogP) is 2.32. The first-order valence-electron chi connectivity index (χ1n) is 6.67. The fraction of sp³-hybridized carbons (Fsp3) is 0.400. The largest absolute Gasteiger partial charge is 0.391 e. The molecule has 0 amide bonds. The van der Waals surface area contributed by atoms with Gasteiger partial charge < -0.3 is 5.11 Å². The lowest BCUT2D eigenvalue weighted by Crippen LogP contribution is -2.36. The van der Waals surface area contributed by atoms with Crippen molar-refractivity contribution in [3.63, 3.8) is 0 Å². The Labute approximate surface area is 117 Å². The van der Waals surface area contributed by atoms with Crippen LogP contribution < -0.4 is 0 Å². The maximum atomic E-state index is 10.2. The average molecular weight is 274 g/mol. The van der Waals surface area contributed by atoms with E-state index in [-0.39, 0.29) is 12.1 Å². The Hall–Kier alpha value is -1.23. The van der Waals surface area contributed by atoms with Crippen molar-refractivity contribution in [1.29, 1.82) is 0 Å². The number of aliphatic hydroxyl groups is 1. The fourth-order valence-corrected chi connectivity index (χ4v) is 3.36. The van der Waals surface area contributed by atoms with Crippen LogP contribution >= 0.6 is 11.3 Å². The standard InChI is InChI=1S/C15H18N2OS/c18-14-6-8-17(11-15-16-7-9-19-15)13(14)10-12-4-2-1-3-5-12/h1-5,7,9,13-14,18H,6,8,10-11H2/t13-,14-/m1/s1. The van der Waals surface area contributed by atoms with Gasteiger partial charge in [0.2, 0.25) is 0 Å². The Morgan fingerprint density at radius 2 is 2.16 bits per heavy atom. The molecule has 1 aliphatic rings. The SMILES string of the molecule is O[C@@H]1CCN(Cc2nccs2)[C@@H]1Cc1ccccc1. The van der Waals surface area contributed by atoms with Crippen molar-refractivity contribution >= 4 is 11.3 Å². The zero-order valence-electron chi connectivity index (χ0n) is 10.8. The highest BCUT2D eigenvalue weighted by atomic mass is 32.1. The second kappa shape index (κ2) is 5.82. The molecular formula is C15H18N2OS. The van der Waals surface area contributed by atoms with Gasteiger partial charge in [-0.05, 0) is 18.4 Å². The summed E-state index contributed by atoms with van der Waals surface area (Å²) in [6.45, 7) is 1.81. The maximum absolute atomic E-state index is 10.2. The van der Waals surface area contributed by atoms with Gasteiger partial charge in [-0.25, -0.2) is 4.98 Å². The molecule has 1 fully saturated rings. The van der Waals surface area contributed by atoms with Gasteiger partial charge in [0.25, 0.3) is 0 Å². The number of hydrogen-bond acceptors (Lipinski definition) is 4. The van der Waals surface area contributed by atoms with E-state index in [1.54, 1.807) is 11.3 Å². The highest BCUT2D eigenvalue weighted by Gasteiger charge is 2.32. The number of nitrogens with zero attached hydrogens (tertiary/aromatic N) is 2. The van der Waals surface area contributed by atoms with Gasteiger partial charge in [-0.2, -0.15) is 0 Å². The summed E-state index contributed by atoms with van der Waals surface area (Å²) >= 11 is 1.68. The average Bonchev–Trinajstić information content (AvgIpc) is 3.05. The monoisotopic (exact) mass is 274 g/mol. The third-order valence-corrected chi connectivity index (χ3v) is 4.50. The predicted molar refractivity (Wildman–Crippen MR) is 77.1 cm³/mol. The molecule has 1 saturated heterocycles. The summed E-state index contributed by atoms with van der Waals surface area (Å²) in [5, 5.41) is 13.3. The van der Waals surface area contributed by atoms with Crippen LogP contribution in [-0.4, -0.2) is 33.7 Å². The number of likely N-dealkylation sites (tertiary alicyclic amines) is 1. The van der Waals surface area contributed by atoms with Crippen molar-refractivity contribution in [2.24, 2.45) is 0 Å². The highest BCUT2D eigenvalue weighted by Crippen LogP contribution is 2.24. The minimum Gasteiger partial charge on any atom is -0.391 e. The molecule has 0 radical (unpaired) electrons. The quantitative estimate of drug-likeness (QED) is 0.929. The molecule has 3 nitrogen and oxygen atoms in total. The lowest BCUT2D eigenvalue weighted by atomic mass is 10.0. The molecule has 1 N–H and O–H groups in total. The molecule has 0 aliphatic carbocycles. The molecule has 19 heavy (non-hydrogen) atoms. The van der Waals surface area contributed by atoms with Crippen LogP contribution in [0.25, 0.3) is 0 Å². The van der Waals surface area contributed by atoms with Crippen LogP contribution in [0.2, 0.25) is 0 Å². The van der Waals surface area contributed by atoms with E-state index < -0.39 is 0 Å². The van der Waals surface area contributed by atoms with Crippen LogP contribution in [0.15, 0.2) is 41.9 Å². The van der Waals surface area contributed by atoms with Crippen LogP contribution in [0.1, 0.15) is 17.0 Å². The number of benzene rings is 1. The third kappa shape index (κ3) is 3.03. The molecule has 1 aliphatic heterocycles. The summed E-state index contributed by atoms with van der Waals surface area (Å²) in [6.07, 6.45) is 3.40. The van der Waals surface area contributed by atoms with Crippen LogP contribution in [0.4, 0.5) is 0 Å². The Balaban J connectivity index is 1.70. The molecule has 0 bridgehead atoms. The first kappa shape index (κ1) is 12.8. The van der Waals surface area contributed by atoms with Crippen molar-refractivity contribution in [3.05, 3.63) is 52.5 Å². The maximum Gasteiger partial charge on any atom is 0.107 e. The Kier molecular flexibility index (Phi) is 3.92. The molecule has 2 aromatic rings. The second-order valence-electron chi connectivity index (χ2n) is 5.01. The van der Waals surface area contributed by atoms with E-state index in [0.717, 1.165) is 30.9 Å². The molecule has 2 atom stereocenters. The molecule has 1 aromatic carbocycles. The summed E-state index contributed by atoms with van der Waals surface area (Å²) in [5.41, 5.74) is 1.29. The number of hydrogen-bond donors (Lipinski definition) is 1. The van der Waals surface area contributed by atoms with Gasteiger partial charge in [-0.1, -0.05) is 30.3 Å². The molecule has 0 unspecified atom stereocenters. The first-order chi connectivity index (χ1) is 9.33. The normalized spacial score (nSPS) is 23.8. The minimum atomic E-state index is -0.222. The smallest absolute Gasteiger partial charge is 0.107 e. The van der Waals surface area contributed by atoms with E-state index in [1.165, 1.54) is 5.56 Å². The number of aliphatic hydroxyl groups excluding tert-OH is 1. The van der Waals surface area contributed by atoms with Crippen LogP contribution in [0.3, 0.4) is 0 Å². The summed E-state index contributed by atoms with van der Waals surface area (Å²) < 4.78 is 0. The van der Waals surface area contributed by atoms with E-state index >= 15 is 0 Å². The van der Waals surface area contributed by atoms with Crippen molar-refractivity contribution in [2.45, 2.75) is 31.5 Å². The highest BCUT2D eigenvalue weighted by molar-refractivity contribution is 7.09. The summed E-state index contributed by atoms with van der Waals surface area (Å²) in [4.78, 5) is 6.70. The van der Waals surface area contributed by atoms with Gasteiger partial charge in [0.15, 0.2) is 0 Å². The third-order valence-electron chi connectivity index (χ3n) is 3.73. The van der Waals surface area contributed by atoms with E-state index in [9.17, 15) is 5.11 Å². The first-order valence-corrected chi connectivity index (χ1v) is 7.55. The topological polar surface area (TPSA) is 36.4 Å². The molecule has 100 valence electrons. The zero-order chi connectivity index (χ0) is 13.1. The molecule has 2 heterocycles. The Morgan fingerprint density at radius 3 is 2.89 bits per heavy atom. The van der Waals surface area contributed by atoms with Crippen LogP contribution in [0, 0.1) is 0 Å². The molecule has 0 spiro atoms. The molecule has 0 saturated carbocycles. The second-order valence-corrected chi connectivity index (χ2v) is 5.99. The lowest BCUT2D eigenvalue weighted by Gasteiger charge is -2.25. The molecule has 3 rings (SSSR count). The van der Waals surface area contributed by atoms with Crippen molar-refractivity contribution < 1.29 is 5.11 Å². The van der Waals surface area contributed by atoms with Gasteiger partial charge in [-0.3, -0.25) is 4.90 Å². The summed E-state index contributed by atoms with van der Waals surface area (Å²) in [6, 6.07) is 10.6. The van der Waals surface area contributed by atoms with Gasteiger partial charge in [0, 0.05) is 24.2 Å². The van der Waals surface area contributed by atoms with Gasteiger partial charge in [-0.15, -0.1) is 11.3 Å². The molecular weight excluding hydrogens is 256 g/mol. The van der Waals surface area contributed by atoms with Gasteiger partial charge >= 0.3 is 0 Å². The lowest BCUT2D eigenvalue weighted by molar-refractivity contribution is 0.112. The Morgan fingerprint density at radius 1 is 1.32 bits per heavy atom. The fourth-order valence-electron chi connectivity index (χ4n) is 2.72. The number of aromatic nitrogens is 1. The zero-order valence-corrected chi connectivity index (χ0v) is 11.6. The van der Waals surface area contributed by atoms with Gasteiger partial charge in [0.05, 0.1) is 12.6 Å². The molecule has 1 aromatic heterocycles. The van der Waals surface area contributed by atoms with E-state index in [2.05, 4.69) is 34.1 Å². The molecule has 4 heteroatoms. The van der Waals surface area contributed by atoms with Gasteiger partial charge in [0.1, 0.15) is 5.01 Å². The van der Waals surface area contributed by atoms with Crippen LogP contribution in [-0.2, 0) is 13.0 Å². The van der Waals surface area contributed by atoms with E-state index in [1.807, 2.05) is 17.6 Å². The van der Waals surface area contributed by atoms with E-state index in [0.29, 0.717) is 0 Å². The van der Waals surface area contributed by atoms with E-state index in [4.69, 9.17) is 0 Å². The summed E-state index contributed by atoms with van der Waals surface area (Å²) in [5.74, 6) is 0. The van der Waals surface area contributed by atoms with Crippen LogP contribution in [0.5, 0.6) is 0 Å². The van der Waals surface area contributed by atoms with Crippen molar-refractivity contribution in [3.8, 4) is 0 Å². The summed E-state index contributed by atoms with van der Waals surface area (Å²) in [7, 11) is 0. The number of rotatable bonds is 4. The van der Waals surface area contributed by atoms with Crippen molar-refractivity contribution in [2.75, 3.05) is 6.54 Å². The minimum absolute atomic E-state index is 0.214.